The molecule has 0 heterocycles. The normalized spacial score (nSPS) is 23.9. The Balaban J connectivity index is 2.80. The van der Waals surface area contributed by atoms with E-state index in [1.165, 1.54) is 0 Å². The third-order valence-electron chi connectivity index (χ3n) is 1.75. The van der Waals surface area contributed by atoms with Crippen LogP contribution in [0.2, 0.25) is 0 Å². The lowest BCUT2D eigenvalue weighted by Crippen LogP contribution is -2.25. The van der Waals surface area contributed by atoms with Gasteiger partial charge >= 0.3 is 0 Å². The molecule has 3 N–H and O–H groups in total. The van der Waals surface area contributed by atoms with Crippen LogP contribution in [-0.2, 0) is 4.79 Å². The molecule has 0 bridgehead atoms. The molecule has 0 radical (unpaired) electrons. The highest BCUT2D eigenvalue weighted by molar-refractivity contribution is 5.79. The Bertz CT molecular complexity index is 240. The van der Waals surface area contributed by atoms with Crippen LogP contribution in [-0.4, -0.2) is 11.0 Å². The molecule has 1 aliphatic rings. The van der Waals surface area contributed by atoms with Crippen molar-refractivity contribution in [2.45, 2.75) is 13.3 Å². The lowest BCUT2D eigenvalue weighted by atomic mass is 9.95. The highest BCUT2D eigenvalue weighted by Gasteiger charge is 2.20. The van der Waals surface area contributed by atoms with E-state index in [9.17, 15) is 9.90 Å². The molecule has 1 atom stereocenters. The number of carbonyl (C=O) groups is 1. The molecule has 1 rings (SSSR count). The molecule has 0 aliphatic heterocycles. The van der Waals surface area contributed by atoms with Crippen molar-refractivity contribution >= 4 is 5.91 Å². The van der Waals surface area contributed by atoms with Crippen molar-refractivity contribution in [2.75, 3.05) is 0 Å². The number of nitrogens with two attached hydrogens (primary N) is 1. The van der Waals surface area contributed by atoms with E-state index in [2.05, 4.69) is 0 Å². The van der Waals surface area contributed by atoms with Crippen molar-refractivity contribution in [2.24, 2.45) is 11.7 Å². The van der Waals surface area contributed by atoms with E-state index in [-0.39, 0.29) is 5.76 Å². The fraction of sp³-hybridized carbons (Fsp3) is 0.375. The van der Waals surface area contributed by atoms with Crippen molar-refractivity contribution < 1.29 is 9.90 Å². The summed E-state index contributed by atoms with van der Waals surface area (Å²) in [5.41, 5.74) is 6.01. The standard InChI is InChI=1S/C8H11NO2/c1-5-2-3-6(8(9)11)7(10)4-5/h2,4,6,10H,3H2,1H3,(H2,9,11). The number of carbonyl (C=O) groups excluding carboxylic acids is 1. The minimum atomic E-state index is -0.515. The average molecular weight is 153 g/mol. The minimum absolute atomic E-state index is 0.0810. The first-order valence-corrected chi connectivity index (χ1v) is 3.48. The molecule has 0 spiro atoms. The van der Waals surface area contributed by atoms with Gasteiger partial charge in [-0.05, 0) is 19.4 Å². The van der Waals surface area contributed by atoms with Crippen molar-refractivity contribution in [1.82, 2.24) is 0 Å². The molecule has 60 valence electrons. The van der Waals surface area contributed by atoms with Gasteiger partial charge in [-0.15, -0.1) is 0 Å². The number of aliphatic hydroxyl groups is 1. The van der Waals surface area contributed by atoms with Gasteiger partial charge in [0.15, 0.2) is 0 Å². The second kappa shape index (κ2) is 2.78. The van der Waals surface area contributed by atoms with Crippen LogP contribution in [0.15, 0.2) is 23.5 Å². The van der Waals surface area contributed by atoms with Crippen molar-refractivity contribution in [1.29, 1.82) is 0 Å². The molecule has 1 amide bonds. The molecule has 0 aromatic carbocycles. The molecule has 1 aliphatic carbocycles. The van der Waals surface area contributed by atoms with Gasteiger partial charge in [0.2, 0.25) is 5.91 Å². The smallest absolute Gasteiger partial charge is 0.228 e. The van der Waals surface area contributed by atoms with Gasteiger partial charge in [0.1, 0.15) is 5.76 Å². The number of hydrogen-bond acceptors (Lipinski definition) is 2. The lowest BCUT2D eigenvalue weighted by molar-refractivity contribution is -0.121. The quantitative estimate of drug-likeness (QED) is 0.587. The van der Waals surface area contributed by atoms with E-state index in [1.54, 1.807) is 6.08 Å². The molecule has 0 fully saturated rings. The Morgan fingerprint density at radius 1 is 1.82 bits per heavy atom. The Labute approximate surface area is 65.2 Å². The molecule has 0 aromatic rings. The fourth-order valence-corrected chi connectivity index (χ4v) is 1.08. The largest absolute Gasteiger partial charge is 0.511 e. The first-order chi connectivity index (χ1) is 5.11. The van der Waals surface area contributed by atoms with E-state index in [0.717, 1.165) is 5.57 Å². The number of aliphatic hydroxyl groups excluding tert-OH is 1. The predicted octanol–water partition coefficient (Wildman–Crippen LogP) is 0.880. The topological polar surface area (TPSA) is 63.3 Å². The molecule has 3 heteroatoms. The molecular weight excluding hydrogens is 142 g/mol. The summed E-state index contributed by atoms with van der Waals surface area (Å²) in [4.78, 5) is 10.7. The number of amides is 1. The summed E-state index contributed by atoms with van der Waals surface area (Å²) in [6.07, 6.45) is 3.97. The van der Waals surface area contributed by atoms with Gasteiger partial charge in [0, 0.05) is 0 Å². The van der Waals surface area contributed by atoms with Gasteiger partial charge in [-0.2, -0.15) is 0 Å². The molecule has 1 unspecified atom stereocenters. The minimum Gasteiger partial charge on any atom is -0.511 e. The summed E-state index contributed by atoms with van der Waals surface area (Å²) in [5, 5.41) is 9.23. The first kappa shape index (κ1) is 7.85. The van der Waals surface area contributed by atoms with E-state index in [1.807, 2.05) is 13.0 Å². The van der Waals surface area contributed by atoms with Crippen molar-refractivity contribution in [3.05, 3.63) is 23.5 Å². The lowest BCUT2D eigenvalue weighted by Gasteiger charge is -2.14. The summed E-state index contributed by atoms with van der Waals surface area (Å²) in [5.74, 6) is -0.904. The number of allylic oxidation sites excluding steroid dienone is 3. The third-order valence-corrected chi connectivity index (χ3v) is 1.75. The molecule has 3 nitrogen and oxygen atoms in total. The van der Waals surface area contributed by atoms with Crippen LogP contribution in [0.3, 0.4) is 0 Å². The molecule has 11 heavy (non-hydrogen) atoms. The van der Waals surface area contributed by atoms with Crippen LogP contribution >= 0.6 is 0 Å². The second-order valence-electron chi connectivity index (χ2n) is 2.71. The summed E-state index contributed by atoms with van der Waals surface area (Å²) < 4.78 is 0. The van der Waals surface area contributed by atoms with Gasteiger partial charge in [-0.25, -0.2) is 0 Å². The number of primary amides is 1. The maximum atomic E-state index is 10.7. The highest BCUT2D eigenvalue weighted by Crippen LogP contribution is 2.20. The molecule has 0 saturated carbocycles. The van der Waals surface area contributed by atoms with Crippen LogP contribution in [0.4, 0.5) is 0 Å². The van der Waals surface area contributed by atoms with E-state index in [4.69, 9.17) is 5.73 Å². The van der Waals surface area contributed by atoms with E-state index in [0.29, 0.717) is 6.42 Å². The zero-order valence-corrected chi connectivity index (χ0v) is 6.37. The average Bonchev–Trinajstić information content (AvgIpc) is 1.85. The zero-order valence-electron chi connectivity index (χ0n) is 6.37. The maximum Gasteiger partial charge on any atom is 0.228 e. The second-order valence-corrected chi connectivity index (χ2v) is 2.71. The summed E-state index contributed by atoms with van der Waals surface area (Å²) in [6.45, 7) is 1.87. The van der Waals surface area contributed by atoms with Crippen LogP contribution in [0, 0.1) is 5.92 Å². The van der Waals surface area contributed by atoms with Gasteiger partial charge < -0.3 is 10.8 Å². The van der Waals surface area contributed by atoms with Crippen LogP contribution < -0.4 is 5.73 Å². The van der Waals surface area contributed by atoms with Crippen molar-refractivity contribution in [3.63, 3.8) is 0 Å². The summed E-state index contributed by atoms with van der Waals surface area (Å²) in [7, 11) is 0. The predicted molar refractivity (Wildman–Crippen MR) is 41.8 cm³/mol. The van der Waals surface area contributed by atoms with Gasteiger partial charge in [0.05, 0.1) is 5.92 Å². The monoisotopic (exact) mass is 153 g/mol. The SMILES string of the molecule is CC1=CCC(C(N)=O)C(O)=C1. The van der Waals surface area contributed by atoms with Crippen molar-refractivity contribution in [3.8, 4) is 0 Å². The Hall–Kier alpha value is -1.25. The molecule has 0 saturated heterocycles. The van der Waals surface area contributed by atoms with Gasteiger partial charge in [0.25, 0.3) is 0 Å². The number of rotatable bonds is 1. The zero-order chi connectivity index (χ0) is 8.43. The Morgan fingerprint density at radius 2 is 2.45 bits per heavy atom. The summed E-state index contributed by atoms with van der Waals surface area (Å²) >= 11 is 0. The maximum absolute atomic E-state index is 10.7. The number of hydrogen-bond donors (Lipinski definition) is 2. The van der Waals surface area contributed by atoms with E-state index >= 15 is 0 Å². The fourth-order valence-electron chi connectivity index (χ4n) is 1.08. The molecule has 0 aromatic heterocycles. The van der Waals surface area contributed by atoms with Gasteiger partial charge in [-0.1, -0.05) is 11.6 Å². The van der Waals surface area contributed by atoms with Crippen LogP contribution in [0.1, 0.15) is 13.3 Å². The Kier molecular flexibility index (Phi) is 1.98. The van der Waals surface area contributed by atoms with Crippen LogP contribution in [0.5, 0.6) is 0 Å². The highest BCUT2D eigenvalue weighted by atomic mass is 16.3. The Morgan fingerprint density at radius 3 is 2.91 bits per heavy atom. The summed E-state index contributed by atoms with van der Waals surface area (Å²) in [6, 6.07) is 0. The first-order valence-electron chi connectivity index (χ1n) is 3.48. The third kappa shape index (κ3) is 1.61. The molecular formula is C8H11NO2. The van der Waals surface area contributed by atoms with E-state index < -0.39 is 11.8 Å². The van der Waals surface area contributed by atoms with Crippen LogP contribution in [0.25, 0.3) is 0 Å². The van der Waals surface area contributed by atoms with Gasteiger partial charge in [-0.3, -0.25) is 4.79 Å².